The van der Waals surface area contributed by atoms with Gasteiger partial charge in [-0.05, 0) is 19.4 Å². The highest BCUT2D eigenvalue weighted by Crippen LogP contribution is 2.34. The van der Waals surface area contributed by atoms with Gasteiger partial charge in [0.15, 0.2) is 6.79 Å². The lowest BCUT2D eigenvalue weighted by Crippen LogP contribution is -2.42. The molecule has 2 aliphatic heterocycles. The van der Waals surface area contributed by atoms with Gasteiger partial charge < -0.3 is 14.4 Å². The molecule has 130 valence electrons. The molecule has 0 aromatic heterocycles. The molecule has 1 unspecified atom stereocenters. The van der Waals surface area contributed by atoms with E-state index in [0.29, 0.717) is 24.5 Å². The van der Waals surface area contributed by atoms with Crippen LogP contribution in [-0.2, 0) is 22.7 Å². The van der Waals surface area contributed by atoms with Crippen molar-refractivity contribution in [3.63, 3.8) is 0 Å². The zero-order valence-electron chi connectivity index (χ0n) is 13.9. The summed E-state index contributed by atoms with van der Waals surface area (Å²) in [6, 6.07) is 2.85. The van der Waals surface area contributed by atoms with Gasteiger partial charge >= 0.3 is 0 Å². The monoisotopic (exact) mass is 335 g/mol. The molecule has 8 heteroatoms. The van der Waals surface area contributed by atoms with E-state index in [9.17, 15) is 14.9 Å². The molecular formula is C16H21N3O5. The van der Waals surface area contributed by atoms with E-state index in [1.807, 2.05) is 0 Å². The van der Waals surface area contributed by atoms with Crippen molar-refractivity contribution in [1.82, 2.24) is 9.80 Å². The molecule has 24 heavy (non-hydrogen) atoms. The quantitative estimate of drug-likeness (QED) is 0.612. The number of nitro groups is 1. The molecule has 3 rings (SSSR count). The van der Waals surface area contributed by atoms with Crippen LogP contribution in [0.25, 0.3) is 0 Å². The van der Waals surface area contributed by atoms with Crippen LogP contribution in [0, 0.1) is 10.1 Å². The summed E-state index contributed by atoms with van der Waals surface area (Å²) in [5.74, 6) is 0.714. The summed E-state index contributed by atoms with van der Waals surface area (Å²) in [4.78, 5) is 26.8. The Morgan fingerprint density at radius 3 is 2.96 bits per heavy atom. The van der Waals surface area contributed by atoms with Crippen molar-refractivity contribution in [2.75, 3.05) is 27.4 Å². The lowest BCUT2D eigenvalue weighted by Gasteiger charge is -2.28. The van der Waals surface area contributed by atoms with Gasteiger partial charge in [-0.25, -0.2) is 0 Å². The smallest absolute Gasteiger partial charge is 0.270 e. The summed E-state index contributed by atoms with van der Waals surface area (Å²) in [5.41, 5.74) is 1.44. The van der Waals surface area contributed by atoms with Crippen LogP contribution in [0.3, 0.4) is 0 Å². The number of rotatable bonds is 4. The second-order valence-electron chi connectivity index (χ2n) is 6.32. The van der Waals surface area contributed by atoms with Gasteiger partial charge in [0.1, 0.15) is 5.75 Å². The first-order valence-electron chi connectivity index (χ1n) is 7.93. The molecule has 0 radical (unpaired) electrons. The minimum absolute atomic E-state index is 0.0209. The van der Waals surface area contributed by atoms with Crippen molar-refractivity contribution in [3.8, 4) is 5.75 Å². The van der Waals surface area contributed by atoms with Crippen molar-refractivity contribution in [3.05, 3.63) is 33.4 Å². The third-order valence-electron chi connectivity index (χ3n) is 4.45. The van der Waals surface area contributed by atoms with Crippen LogP contribution in [0.15, 0.2) is 12.1 Å². The van der Waals surface area contributed by atoms with E-state index in [0.717, 1.165) is 24.9 Å². The molecule has 2 heterocycles. The minimum atomic E-state index is -0.412. The number of carbonyl (C=O) groups excluding carboxylic acids is 1. The van der Waals surface area contributed by atoms with E-state index in [-0.39, 0.29) is 24.4 Å². The van der Waals surface area contributed by atoms with E-state index >= 15 is 0 Å². The number of hydrogen-bond acceptors (Lipinski definition) is 6. The van der Waals surface area contributed by atoms with Crippen LogP contribution in [0.4, 0.5) is 5.69 Å². The maximum Gasteiger partial charge on any atom is 0.270 e. The van der Waals surface area contributed by atoms with Gasteiger partial charge in [0.2, 0.25) is 5.91 Å². The molecule has 1 aromatic carbocycles. The molecule has 8 nitrogen and oxygen atoms in total. The molecule has 1 aromatic rings. The zero-order chi connectivity index (χ0) is 17.3. The van der Waals surface area contributed by atoms with Crippen molar-refractivity contribution in [2.24, 2.45) is 0 Å². The van der Waals surface area contributed by atoms with E-state index in [4.69, 9.17) is 9.47 Å². The van der Waals surface area contributed by atoms with Gasteiger partial charge in [0.25, 0.3) is 5.69 Å². The van der Waals surface area contributed by atoms with Crippen LogP contribution in [0.5, 0.6) is 5.75 Å². The van der Waals surface area contributed by atoms with Gasteiger partial charge in [0, 0.05) is 43.9 Å². The first kappa shape index (κ1) is 16.7. The predicted octanol–water partition coefficient (Wildman–Crippen LogP) is 1.51. The Kier molecular flexibility index (Phi) is 4.68. The summed E-state index contributed by atoms with van der Waals surface area (Å²) in [7, 11) is 3.49. The minimum Gasteiger partial charge on any atom is -0.467 e. The fraction of sp³-hybridized carbons (Fsp3) is 0.562. The fourth-order valence-electron chi connectivity index (χ4n) is 3.32. The molecule has 2 aliphatic rings. The number of nitrogens with zero attached hydrogens (tertiary/aromatic N) is 3. The Bertz CT molecular complexity index is 661. The Morgan fingerprint density at radius 2 is 2.25 bits per heavy atom. The topological polar surface area (TPSA) is 85.2 Å². The molecule has 1 amide bonds. The van der Waals surface area contributed by atoms with Crippen molar-refractivity contribution in [1.29, 1.82) is 0 Å². The first-order valence-corrected chi connectivity index (χ1v) is 7.93. The predicted molar refractivity (Wildman–Crippen MR) is 85.5 cm³/mol. The van der Waals surface area contributed by atoms with Crippen LogP contribution in [0.1, 0.15) is 24.0 Å². The number of benzene rings is 1. The van der Waals surface area contributed by atoms with Gasteiger partial charge in [-0.15, -0.1) is 0 Å². The Morgan fingerprint density at radius 1 is 1.46 bits per heavy atom. The number of ether oxygens (including phenoxy) is 2. The van der Waals surface area contributed by atoms with Crippen molar-refractivity contribution < 1.29 is 19.2 Å². The van der Waals surface area contributed by atoms with Gasteiger partial charge in [-0.2, -0.15) is 0 Å². The number of carbonyl (C=O) groups is 1. The largest absolute Gasteiger partial charge is 0.467 e. The van der Waals surface area contributed by atoms with E-state index < -0.39 is 4.92 Å². The number of hydrogen-bond donors (Lipinski definition) is 0. The summed E-state index contributed by atoms with van der Waals surface area (Å²) >= 11 is 0. The van der Waals surface area contributed by atoms with Gasteiger partial charge in [-0.3, -0.25) is 19.8 Å². The van der Waals surface area contributed by atoms with Gasteiger partial charge in [-0.1, -0.05) is 0 Å². The highest BCUT2D eigenvalue weighted by Gasteiger charge is 2.33. The molecule has 0 spiro atoms. The van der Waals surface area contributed by atoms with Crippen LogP contribution >= 0.6 is 0 Å². The lowest BCUT2D eigenvalue weighted by atomic mass is 10.1. The molecule has 0 aliphatic carbocycles. The third-order valence-corrected chi connectivity index (χ3v) is 4.45. The summed E-state index contributed by atoms with van der Waals surface area (Å²) in [6.45, 7) is 1.68. The average molecular weight is 335 g/mol. The van der Waals surface area contributed by atoms with Crippen LogP contribution in [-0.4, -0.2) is 54.1 Å². The van der Waals surface area contributed by atoms with Crippen LogP contribution < -0.4 is 4.74 Å². The average Bonchev–Trinajstić information content (AvgIpc) is 3.01. The number of likely N-dealkylation sites (N-methyl/N-ethyl adjacent to an activating group) is 1. The van der Waals surface area contributed by atoms with E-state index in [1.54, 1.807) is 25.1 Å². The summed E-state index contributed by atoms with van der Waals surface area (Å²) in [6.07, 6.45) is 1.74. The lowest BCUT2D eigenvalue weighted by molar-refractivity contribution is -0.385. The number of fused-ring (bicyclic) bond motifs is 1. The normalized spacial score (nSPS) is 20.3. The standard InChI is InChI=1S/C16H21N3O5/c1-17(2)16(20)14-4-3-5-18(14)8-11-6-13(19(21)22)7-12-9-23-10-24-15(11)12/h6-7,14H,3-5,8-10H2,1-2H3. The Hall–Kier alpha value is -2.19. The van der Waals surface area contributed by atoms with Crippen LogP contribution in [0.2, 0.25) is 0 Å². The highest BCUT2D eigenvalue weighted by molar-refractivity contribution is 5.81. The van der Waals surface area contributed by atoms with E-state index in [1.165, 1.54) is 6.07 Å². The first-order chi connectivity index (χ1) is 11.5. The maximum atomic E-state index is 12.3. The molecular weight excluding hydrogens is 314 g/mol. The SMILES string of the molecule is CN(C)C(=O)C1CCCN1Cc1cc([N+](=O)[O-])cc2c1OCOC2. The molecule has 1 atom stereocenters. The van der Waals surface area contributed by atoms with E-state index in [2.05, 4.69) is 4.90 Å². The summed E-state index contributed by atoms with van der Waals surface area (Å²) in [5, 5.41) is 11.2. The second kappa shape index (κ2) is 6.74. The Labute approximate surface area is 140 Å². The summed E-state index contributed by atoms with van der Waals surface area (Å²) < 4.78 is 10.8. The molecule has 0 N–H and O–H groups in total. The number of non-ortho nitro benzene ring substituents is 1. The highest BCUT2D eigenvalue weighted by atomic mass is 16.7. The third kappa shape index (κ3) is 3.20. The van der Waals surface area contributed by atoms with Crippen molar-refractivity contribution in [2.45, 2.75) is 32.0 Å². The zero-order valence-corrected chi connectivity index (χ0v) is 13.9. The molecule has 0 bridgehead atoms. The molecule has 1 fully saturated rings. The maximum absolute atomic E-state index is 12.3. The van der Waals surface area contributed by atoms with Gasteiger partial charge in [0.05, 0.1) is 17.6 Å². The molecule has 0 saturated carbocycles. The number of amides is 1. The number of likely N-dealkylation sites (tertiary alicyclic amines) is 1. The molecule has 1 saturated heterocycles. The van der Waals surface area contributed by atoms with Crippen molar-refractivity contribution >= 4 is 11.6 Å². The number of nitro benzene ring substituents is 1. The second-order valence-corrected chi connectivity index (χ2v) is 6.32. The Balaban J connectivity index is 1.90. The fourth-order valence-corrected chi connectivity index (χ4v) is 3.32.